The maximum atomic E-state index is 14.1. The van der Waals surface area contributed by atoms with Gasteiger partial charge in [0.05, 0.1) is 32.7 Å². The van der Waals surface area contributed by atoms with Gasteiger partial charge in [-0.1, -0.05) is 46.8 Å². The zero-order chi connectivity index (χ0) is 28.8. The average Bonchev–Trinajstić information content (AvgIpc) is 3.23. The minimum absolute atomic E-state index is 0. The van der Waals surface area contributed by atoms with Crippen LogP contribution in [0.2, 0.25) is 0 Å². The molecule has 5 rings (SSSR count). The first-order valence-electron chi connectivity index (χ1n) is 16.3. The van der Waals surface area contributed by atoms with E-state index in [-0.39, 0.29) is 56.1 Å². The van der Waals surface area contributed by atoms with Crippen molar-refractivity contribution in [2.24, 2.45) is 56.7 Å². The molecule has 40 heavy (non-hydrogen) atoms. The summed E-state index contributed by atoms with van der Waals surface area (Å²) in [7, 11) is 6.49. The molecule has 0 spiro atoms. The Hall–Kier alpha value is -0.390. The van der Waals surface area contributed by atoms with Crippen LogP contribution in [-0.2, 0) is 9.53 Å². The van der Waals surface area contributed by atoms with Crippen molar-refractivity contribution in [1.29, 1.82) is 0 Å². The van der Waals surface area contributed by atoms with Crippen LogP contribution >= 0.6 is 0 Å². The molecule has 0 heterocycles. The van der Waals surface area contributed by atoms with Gasteiger partial charge in [-0.15, -0.1) is 0 Å². The van der Waals surface area contributed by atoms with Crippen LogP contribution in [0.25, 0.3) is 0 Å². The van der Waals surface area contributed by atoms with Crippen LogP contribution in [0.15, 0.2) is 12.2 Å². The SMILES string of the molecule is C=C(C)C1CCC2(C(=O)OCC[N+](C)(C)C)CCC3(C)C(CCC4C5(C)CCC(O)C(C)(C)C5CCC43C)C12.[Br-]. The van der Waals surface area contributed by atoms with Crippen LogP contribution in [0, 0.1) is 56.7 Å². The molecule has 5 aliphatic carbocycles. The molecule has 0 bridgehead atoms. The first-order chi connectivity index (χ1) is 17.9. The molecule has 5 heteroatoms. The predicted octanol–water partition coefficient (Wildman–Crippen LogP) is 4.26. The lowest BCUT2D eigenvalue weighted by Gasteiger charge is -2.72. The quantitative estimate of drug-likeness (QED) is 0.283. The van der Waals surface area contributed by atoms with E-state index in [4.69, 9.17) is 4.74 Å². The number of nitrogens with zero attached hydrogens (tertiary/aromatic N) is 1. The molecule has 0 amide bonds. The zero-order valence-corrected chi connectivity index (χ0v) is 28.8. The standard InChI is InChI=1S/C35H60NO3.BrH/c1-23(2)24-13-18-35(30(38)39-22-21-36(8,9)10)20-19-33(6)25(29(24)35)11-12-27-32(5)16-15-28(37)31(3,4)26(32)14-17-34(27,33)7;/h24-29,37H,1,11-22H2,2-10H3;1H/q+1;/p-1. The third kappa shape index (κ3) is 4.52. The summed E-state index contributed by atoms with van der Waals surface area (Å²) in [6.07, 6.45) is 11.1. The third-order valence-electron chi connectivity index (χ3n) is 14.4. The molecule has 5 aliphatic rings. The molecule has 1 N–H and O–H groups in total. The number of carbonyl (C=O) groups excluding carboxylic acids is 1. The number of halogens is 1. The highest BCUT2D eigenvalue weighted by Gasteiger charge is 2.72. The van der Waals surface area contributed by atoms with E-state index < -0.39 is 0 Å². The fourth-order valence-electron chi connectivity index (χ4n) is 12.0. The first-order valence-corrected chi connectivity index (χ1v) is 16.3. The van der Waals surface area contributed by atoms with Gasteiger partial charge >= 0.3 is 5.97 Å². The van der Waals surface area contributed by atoms with E-state index in [0.29, 0.717) is 36.2 Å². The second kappa shape index (κ2) is 10.4. The van der Waals surface area contributed by atoms with Crippen LogP contribution < -0.4 is 17.0 Å². The Morgan fingerprint density at radius 3 is 2.17 bits per heavy atom. The Balaban J connectivity index is 0.00000370. The Bertz CT molecular complexity index is 1000. The number of ether oxygens (including phenoxy) is 1. The Morgan fingerprint density at radius 2 is 1.55 bits per heavy atom. The number of rotatable bonds is 5. The number of quaternary nitrogens is 1. The Labute approximate surface area is 256 Å². The Morgan fingerprint density at radius 1 is 0.875 bits per heavy atom. The number of aliphatic hydroxyl groups excluding tert-OH is 1. The highest BCUT2D eigenvalue weighted by Crippen LogP contribution is 2.77. The maximum absolute atomic E-state index is 14.1. The molecular weight excluding hydrogens is 562 g/mol. The van der Waals surface area contributed by atoms with Gasteiger partial charge in [-0.05, 0) is 122 Å². The van der Waals surface area contributed by atoms with Gasteiger partial charge in [0.2, 0.25) is 0 Å². The van der Waals surface area contributed by atoms with E-state index in [1.807, 2.05) is 0 Å². The number of fused-ring (bicyclic) bond motifs is 7. The molecule has 230 valence electrons. The van der Waals surface area contributed by atoms with E-state index in [1.165, 1.54) is 31.3 Å². The predicted molar refractivity (Wildman–Crippen MR) is 159 cm³/mol. The zero-order valence-electron chi connectivity index (χ0n) is 27.2. The fourth-order valence-corrected chi connectivity index (χ4v) is 12.0. The van der Waals surface area contributed by atoms with Gasteiger partial charge < -0.3 is 31.3 Å². The largest absolute Gasteiger partial charge is 1.00 e. The summed E-state index contributed by atoms with van der Waals surface area (Å²) in [4.78, 5) is 14.1. The molecule has 0 saturated heterocycles. The van der Waals surface area contributed by atoms with Crippen LogP contribution in [0.1, 0.15) is 106 Å². The van der Waals surface area contributed by atoms with Gasteiger partial charge in [0, 0.05) is 0 Å². The number of hydrogen-bond acceptors (Lipinski definition) is 3. The van der Waals surface area contributed by atoms with Gasteiger partial charge in [-0.25, -0.2) is 0 Å². The van der Waals surface area contributed by atoms with Crippen LogP contribution in [-0.4, -0.2) is 56.0 Å². The van der Waals surface area contributed by atoms with Crippen molar-refractivity contribution in [2.75, 3.05) is 34.3 Å². The van der Waals surface area contributed by atoms with Gasteiger partial charge in [0.25, 0.3) is 0 Å². The lowest BCUT2D eigenvalue weighted by Crippen LogP contribution is -3.00. The Kier molecular flexibility index (Phi) is 8.42. The van der Waals surface area contributed by atoms with Gasteiger partial charge in [0.15, 0.2) is 0 Å². The van der Waals surface area contributed by atoms with E-state index in [2.05, 4.69) is 69.3 Å². The number of likely N-dealkylation sites (N-methyl/N-ethyl adjacent to an activating group) is 1. The summed E-state index contributed by atoms with van der Waals surface area (Å²) in [5.41, 5.74) is 1.70. The molecule has 5 saturated carbocycles. The first kappa shape index (κ1) is 32.5. The number of esters is 1. The van der Waals surface area contributed by atoms with Crippen LogP contribution in [0.5, 0.6) is 0 Å². The van der Waals surface area contributed by atoms with E-state index in [9.17, 15) is 9.90 Å². The molecule has 5 fully saturated rings. The van der Waals surface area contributed by atoms with E-state index in [0.717, 1.165) is 49.6 Å². The second-order valence-electron chi connectivity index (χ2n) is 17.4. The number of hydrogen-bond donors (Lipinski definition) is 1. The van der Waals surface area contributed by atoms with Gasteiger partial charge in [-0.3, -0.25) is 4.79 Å². The monoisotopic (exact) mass is 621 g/mol. The van der Waals surface area contributed by atoms with Crippen LogP contribution in [0.4, 0.5) is 0 Å². The lowest BCUT2D eigenvalue weighted by atomic mass is 9.32. The van der Waals surface area contributed by atoms with Crippen molar-refractivity contribution < 1.29 is 36.1 Å². The molecule has 0 aliphatic heterocycles. The lowest BCUT2D eigenvalue weighted by molar-refractivity contribution is -0.870. The summed E-state index contributed by atoms with van der Waals surface area (Å²) < 4.78 is 6.96. The number of carbonyl (C=O) groups is 1. The highest BCUT2D eigenvalue weighted by atomic mass is 79.9. The van der Waals surface area contributed by atoms with Gasteiger partial charge in [0.1, 0.15) is 13.2 Å². The molecule has 0 aromatic carbocycles. The molecule has 0 aromatic rings. The topological polar surface area (TPSA) is 46.5 Å². The summed E-state index contributed by atoms with van der Waals surface area (Å²) in [5.74, 6) is 2.70. The summed E-state index contributed by atoms with van der Waals surface area (Å²) in [6.45, 7) is 20.6. The fraction of sp³-hybridized carbons (Fsp3) is 0.914. The normalized spacial score (nSPS) is 47.5. The summed E-state index contributed by atoms with van der Waals surface area (Å²) in [6, 6.07) is 0. The molecule has 10 atom stereocenters. The average molecular weight is 623 g/mol. The smallest absolute Gasteiger partial charge is 0.312 e. The van der Waals surface area contributed by atoms with Crippen molar-refractivity contribution >= 4 is 5.97 Å². The number of allylic oxidation sites excluding steroid dienone is 1. The van der Waals surface area contributed by atoms with Crippen molar-refractivity contribution in [3.63, 3.8) is 0 Å². The van der Waals surface area contributed by atoms with Crippen LogP contribution in [0.3, 0.4) is 0 Å². The van der Waals surface area contributed by atoms with Crippen molar-refractivity contribution in [3.8, 4) is 0 Å². The molecule has 10 unspecified atom stereocenters. The molecular formula is C35H60BrNO3. The van der Waals surface area contributed by atoms with Gasteiger partial charge in [-0.2, -0.15) is 0 Å². The number of aliphatic hydroxyl groups is 1. The molecule has 0 aromatic heterocycles. The van der Waals surface area contributed by atoms with Crippen molar-refractivity contribution in [1.82, 2.24) is 0 Å². The highest BCUT2D eigenvalue weighted by molar-refractivity contribution is 5.78. The van der Waals surface area contributed by atoms with E-state index in [1.54, 1.807) is 0 Å². The minimum Gasteiger partial charge on any atom is -1.00 e. The van der Waals surface area contributed by atoms with Crippen molar-refractivity contribution in [2.45, 2.75) is 112 Å². The third-order valence-corrected chi connectivity index (χ3v) is 14.4. The van der Waals surface area contributed by atoms with Crippen molar-refractivity contribution in [3.05, 3.63) is 12.2 Å². The second-order valence-corrected chi connectivity index (χ2v) is 17.4. The summed E-state index contributed by atoms with van der Waals surface area (Å²) in [5, 5.41) is 11.0. The summed E-state index contributed by atoms with van der Waals surface area (Å²) >= 11 is 0. The molecule has 0 radical (unpaired) electrons. The van der Waals surface area contributed by atoms with E-state index >= 15 is 0 Å². The maximum Gasteiger partial charge on any atom is 0.312 e. The molecule has 4 nitrogen and oxygen atoms in total. The minimum atomic E-state index is -0.333.